The van der Waals surface area contributed by atoms with Crippen LogP contribution in [0.1, 0.15) is 19.3 Å². The fourth-order valence-corrected chi connectivity index (χ4v) is 0.885. The van der Waals surface area contributed by atoms with Gasteiger partial charge in [0.15, 0.2) is 0 Å². The van der Waals surface area contributed by atoms with Crippen molar-refractivity contribution in [3.05, 3.63) is 19.6 Å². The first-order valence-electron chi connectivity index (χ1n) is 4.77. The quantitative estimate of drug-likeness (QED) is 0.479. The van der Waals surface area contributed by atoms with Crippen molar-refractivity contribution in [1.82, 2.24) is 5.32 Å². The third-order valence-corrected chi connectivity index (χ3v) is 1.72. The number of carbonyl (C=O) groups excluding carboxylic acids is 1. The highest BCUT2D eigenvalue weighted by molar-refractivity contribution is 5.67. The van der Waals surface area contributed by atoms with Crippen LogP contribution in [-0.4, -0.2) is 25.3 Å². The van der Waals surface area contributed by atoms with Crippen LogP contribution in [0.3, 0.4) is 0 Å². The van der Waals surface area contributed by atoms with E-state index in [1.807, 2.05) is 0 Å². The average molecular weight is 199 g/mol. The van der Waals surface area contributed by atoms with Crippen LogP contribution < -0.4 is 11.1 Å². The number of amides is 1. The van der Waals surface area contributed by atoms with E-state index in [0.717, 1.165) is 19.3 Å². The summed E-state index contributed by atoms with van der Waals surface area (Å²) in [7, 11) is 0. The molecule has 0 aliphatic rings. The van der Waals surface area contributed by atoms with E-state index in [1.54, 1.807) is 0 Å². The number of hydrogen-bond acceptors (Lipinski definition) is 3. The number of alkyl carbamates (subject to hydrolysis) is 1. The average Bonchev–Trinajstić information content (AvgIpc) is 2.21. The highest BCUT2D eigenvalue weighted by Gasteiger charge is 2.01. The number of nitrogens with one attached hydrogen (secondary N) is 1. The monoisotopic (exact) mass is 199 g/mol. The molecule has 3 N–H and O–H groups in total. The Morgan fingerprint density at radius 3 is 2.93 bits per heavy atom. The van der Waals surface area contributed by atoms with Gasteiger partial charge in [-0.15, -0.1) is 0 Å². The number of ether oxygens (including phenoxy) is 1. The molecule has 0 aliphatic carbocycles. The first kappa shape index (κ1) is 13.0. The van der Waals surface area contributed by atoms with Gasteiger partial charge in [-0.05, 0) is 19.3 Å². The molecule has 0 aliphatic heterocycles. The zero-order valence-corrected chi connectivity index (χ0v) is 8.50. The summed E-state index contributed by atoms with van der Waals surface area (Å²) < 4.78 is 4.71. The standard InChI is InChI=1S/C10H19N2O2/c1-3-8-14-10(13)12-7-5-6-9(11)4-2/h3,9H,1-2,4-8,11H2,(H,12,13). The lowest BCUT2D eigenvalue weighted by molar-refractivity contribution is 0.158. The summed E-state index contributed by atoms with van der Waals surface area (Å²) in [4.78, 5) is 10.9. The largest absolute Gasteiger partial charge is 0.445 e. The third-order valence-electron chi connectivity index (χ3n) is 1.72. The molecule has 1 atom stereocenters. The smallest absolute Gasteiger partial charge is 0.407 e. The highest BCUT2D eigenvalue weighted by Crippen LogP contribution is 1.96. The van der Waals surface area contributed by atoms with Crippen molar-refractivity contribution >= 4 is 6.09 Å². The fraction of sp³-hybridized carbons (Fsp3) is 0.600. The summed E-state index contributed by atoms with van der Waals surface area (Å²) in [5.74, 6) is 0. The van der Waals surface area contributed by atoms with Gasteiger partial charge in [0.2, 0.25) is 0 Å². The Morgan fingerprint density at radius 2 is 2.36 bits per heavy atom. The Kier molecular flexibility index (Phi) is 7.93. The van der Waals surface area contributed by atoms with E-state index in [-0.39, 0.29) is 12.6 Å². The van der Waals surface area contributed by atoms with Crippen molar-refractivity contribution in [2.45, 2.75) is 25.3 Å². The first-order valence-corrected chi connectivity index (χ1v) is 4.77. The Bertz CT molecular complexity index is 172. The molecule has 0 aromatic heterocycles. The maximum atomic E-state index is 10.9. The van der Waals surface area contributed by atoms with Gasteiger partial charge in [-0.2, -0.15) is 0 Å². The molecule has 4 nitrogen and oxygen atoms in total. The SMILES string of the molecule is [CH2]CC(N)CCCNC(=O)OCC=C. The molecule has 0 spiro atoms. The van der Waals surface area contributed by atoms with Gasteiger partial charge in [0, 0.05) is 12.6 Å². The van der Waals surface area contributed by atoms with Crippen LogP contribution >= 0.6 is 0 Å². The molecule has 1 unspecified atom stereocenters. The molecule has 1 radical (unpaired) electrons. The van der Waals surface area contributed by atoms with Crippen LogP contribution in [0.4, 0.5) is 4.79 Å². The summed E-state index contributed by atoms with van der Waals surface area (Å²) in [6.45, 7) is 7.95. The summed E-state index contributed by atoms with van der Waals surface area (Å²) in [5.41, 5.74) is 5.65. The number of hydrogen-bond donors (Lipinski definition) is 2. The Labute approximate surface area is 85.5 Å². The predicted molar refractivity (Wildman–Crippen MR) is 56.7 cm³/mol. The maximum Gasteiger partial charge on any atom is 0.407 e. The van der Waals surface area contributed by atoms with E-state index < -0.39 is 6.09 Å². The van der Waals surface area contributed by atoms with Crippen molar-refractivity contribution in [1.29, 1.82) is 0 Å². The van der Waals surface area contributed by atoms with Crippen LogP contribution in [0.2, 0.25) is 0 Å². The van der Waals surface area contributed by atoms with Gasteiger partial charge in [-0.3, -0.25) is 0 Å². The first-order chi connectivity index (χ1) is 6.70. The van der Waals surface area contributed by atoms with Gasteiger partial charge in [0.05, 0.1) is 0 Å². The van der Waals surface area contributed by atoms with Gasteiger partial charge >= 0.3 is 6.09 Å². The molecule has 1 amide bonds. The second-order valence-electron chi connectivity index (χ2n) is 3.00. The Balaban J connectivity index is 3.26. The van der Waals surface area contributed by atoms with Gasteiger partial charge in [-0.25, -0.2) is 4.79 Å². The lowest BCUT2D eigenvalue weighted by atomic mass is 10.1. The van der Waals surface area contributed by atoms with E-state index in [0.29, 0.717) is 6.54 Å². The Morgan fingerprint density at radius 1 is 1.64 bits per heavy atom. The molecule has 0 rings (SSSR count). The van der Waals surface area contributed by atoms with Gasteiger partial charge in [0.25, 0.3) is 0 Å². The lowest BCUT2D eigenvalue weighted by Crippen LogP contribution is -2.27. The summed E-state index contributed by atoms with van der Waals surface area (Å²) in [5, 5.41) is 2.61. The minimum absolute atomic E-state index is 0.126. The molecular weight excluding hydrogens is 180 g/mol. The molecule has 14 heavy (non-hydrogen) atoms. The lowest BCUT2D eigenvalue weighted by Gasteiger charge is -2.08. The van der Waals surface area contributed by atoms with Crippen molar-refractivity contribution in [2.24, 2.45) is 5.73 Å². The molecule has 0 saturated carbocycles. The number of carbonyl (C=O) groups is 1. The molecular formula is C10H19N2O2. The molecule has 0 saturated heterocycles. The minimum Gasteiger partial charge on any atom is -0.445 e. The summed E-state index contributed by atoms with van der Waals surface area (Å²) >= 11 is 0. The molecule has 0 aromatic rings. The van der Waals surface area contributed by atoms with E-state index >= 15 is 0 Å². The third kappa shape index (κ3) is 7.61. The van der Waals surface area contributed by atoms with E-state index in [1.165, 1.54) is 6.08 Å². The number of nitrogens with two attached hydrogens (primary N) is 1. The van der Waals surface area contributed by atoms with Gasteiger partial charge < -0.3 is 15.8 Å². The summed E-state index contributed by atoms with van der Waals surface area (Å²) in [6.07, 6.45) is 3.55. The van der Waals surface area contributed by atoms with E-state index in [9.17, 15) is 4.79 Å². The van der Waals surface area contributed by atoms with Crippen LogP contribution in [0.25, 0.3) is 0 Å². The van der Waals surface area contributed by atoms with E-state index in [4.69, 9.17) is 10.5 Å². The zero-order valence-electron chi connectivity index (χ0n) is 8.50. The van der Waals surface area contributed by atoms with Crippen LogP contribution in [0.15, 0.2) is 12.7 Å². The molecule has 4 heteroatoms. The number of rotatable bonds is 7. The predicted octanol–water partition coefficient (Wildman–Crippen LogP) is 1.23. The molecule has 0 fully saturated rings. The van der Waals surface area contributed by atoms with E-state index in [2.05, 4.69) is 18.8 Å². The fourth-order valence-electron chi connectivity index (χ4n) is 0.885. The van der Waals surface area contributed by atoms with Crippen molar-refractivity contribution in [3.63, 3.8) is 0 Å². The van der Waals surface area contributed by atoms with Gasteiger partial charge in [-0.1, -0.05) is 19.6 Å². The zero-order chi connectivity index (χ0) is 10.8. The topological polar surface area (TPSA) is 64.3 Å². The maximum absolute atomic E-state index is 10.9. The molecule has 0 bridgehead atoms. The normalized spacial score (nSPS) is 11.9. The Hall–Kier alpha value is -1.03. The molecule has 81 valence electrons. The second-order valence-corrected chi connectivity index (χ2v) is 3.00. The van der Waals surface area contributed by atoms with Crippen molar-refractivity contribution in [3.8, 4) is 0 Å². The van der Waals surface area contributed by atoms with Crippen LogP contribution in [0, 0.1) is 6.92 Å². The van der Waals surface area contributed by atoms with Crippen LogP contribution in [0.5, 0.6) is 0 Å². The van der Waals surface area contributed by atoms with Crippen molar-refractivity contribution in [2.75, 3.05) is 13.2 Å². The van der Waals surface area contributed by atoms with Crippen LogP contribution in [-0.2, 0) is 4.74 Å². The molecule has 0 heterocycles. The molecule has 0 aromatic carbocycles. The van der Waals surface area contributed by atoms with Crippen molar-refractivity contribution < 1.29 is 9.53 Å². The minimum atomic E-state index is -0.409. The second kappa shape index (κ2) is 8.56. The summed E-state index contributed by atoms with van der Waals surface area (Å²) in [6, 6.07) is 0.126. The highest BCUT2D eigenvalue weighted by atomic mass is 16.5. The van der Waals surface area contributed by atoms with Gasteiger partial charge in [0.1, 0.15) is 6.61 Å².